The molecule has 1 saturated carbocycles. The predicted molar refractivity (Wildman–Crippen MR) is 115 cm³/mol. The largest absolute Gasteiger partial charge is 0.464 e. The number of anilines is 1. The van der Waals surface area contributed by atoms with Gasteiger partial charge < -0.3 is 9.73 Å². The molecule has 0 bridgehead atoms. The van der Waals surface area contributed by atoms with Gasteiger partial charge >= 0.3 is 0 Å². The fraction of sp³-hybridized carbons (Fsp3) is 0.500. The molecular weight excluding hydrogens is 388 g/mol. The van der Waals surface area contributed by atoms with Crippen LogP contribution >= 0.6 is 0 Å². The maximum absolute atomic E-state index is 12.8. The number of hydrogen-bond acceptors (Lipinski definition) is 4. The first-order valence-corrected chi connectivity index (χ1v) is 11.7. The van der Waals surface area contributed by atoms with E-state index in [2.05, 4.69) is 10.0 Å². The van der Waals surface area contributed by atoms with Crippen LogP contribution in [0.15, 0.2) is 34.9 Å². The molecule has 2 aromatic rings. The fourth-order valence-electron chi connectivity index (χ4n) is 3.73. The van der Waals surface area contributed by atoms with Crippen molar-refractivity contribution in [2.45, 2.75) is 64.7 Å². The van der Waals surface area contributed by atoms with Gasteiger partial charge in [0, 0.05) is 23.2 Å². The van der Waals surface area contributed by atoms with Crippen molar-refractivity contribution >= 4 is 21.6 Å². The highest BCUT2D eigenvalue weighted by molar-refractivity contribution is 7.90. The summed E-state index contributed by atoms with van der Waals surface area (Å²) in [6.07, 6.45) is 4.37. The highest BCUT2D eigenvalue weighted by atomic mass is 32.2. The number of furan rings is 1. The average molecular weight is 419 g/mol. The minimum Gasteiger partial charge on any atom is -0.464 e. The Kier molecular flexibility index (Phi) is 6.49. The normalized spacial score (nSPS) is 20.0. The molecule has 158 valence electrons. The van der Waals surface area contributed by atoms with Crippen molar-refractivity contribution in [1.82, 2.24) is 4.72 Å². The Morgan fingerprint density at radius 1 is 1.07 bits per heavy atom. The Labute approximate surface area is 173 Å². The van der Waals surface area contributed by atoms with E-state index in [1.807, 2.05) is 38.1 Å². The van der Waals surface area contributed by atoms with Crippen LogP contribution in [0.5, 0.6) is 0 Å². The summed E-state index contributed by atoms with van der Waals surface area (Å²) in [6.45, 7) is 7.36. The Bertz CT molecular complexity index is 957. The lowest BCUT2D eigenvalue weighted by atomic mass is 9.86. The van der Waals surface area contributed by atoms with Gasteiger partial charge in [0.25, 0.3) is 0 Å². The van der Waals surface area contributed by atoms with Crippen molar-refractivity contribution in [3.63, 3.8) is 0 Å². The summed E-state index contributed by atoms with van der Waals surface area (Å²) in [4.78, 5) is 12.8. The van der Waals surface area contributed by atoms with E-state index in [0.717, 1.165) is 28.1 Å². The molecule has 2 N–H and O–H groups in total. The summed E-state index contributed by atoms with van der Waals surface area (Å²) in [7, 11) is -3.28. The number of sulfonamides is 1. The molecular formula is C22H30N2O4S. The maximum atomic E-state index is 12.8. The molecule has 1 aliphatic rings. The first-order chi connectivity index (χ1) is 13.7. The van der Waals surface area contributed by atoms with E-state index in [1.54, 1.807) is 20.1 Å². The standard InChI is InChI=1S/C22H30N2O4S/c1-14(2)29(26,27)24-18-9-7-17(8-10-18)22(25)23-20-12-11-19(15(3)16(20)4)21-6-5-13-28-21/h5-6,11-14,17-18,24H,7-10H2,1-4H3,(H,23,25)/t17-,18-. The lowest BCUT2D eigenvalue weighted by Gasteiger charge is -2.29. The molecule has 1 aromatic heterocycles. The molecule has 0 radical (unpaired) electrons. The van der Waals surface area contributed by atoms with Crippen molar-refractivity contribution in [2.24, 2.45) is 5.92 Å². The highest BCUT2D eigenvalue weighted by Gasteiger charge is 2.29. The second-order valence-electron chi connectivity index (χ2n) is 8.14. The highest BCUT2D eigenvalue weighted by Crippen LogP contribution is 2.32. The Morgan fingerprint density at radius 3 is 2.34 bits per heavy atom. The number of rotatable bonds is 6. The summed E-state index contributed by atoms with van der Waals surface area (Å²) in [6, 6.07) is 7.58. The van der Waals surface area contributed by atoms with Gasteiger partial charge in [0.05, 0.1) is 11.5 Å². The van der Waals surface area contributed by atoms with Crippen LogP contribution in [0.25, 0.3) is 11.3 Å². The van der Waals surface area contributed by atoms with Crippen LogP contribution < -0.4 is 10.0 Å². The third-order valence-corrected chi connectivity index (χ3v) is 7.78. The zero-order valence-electron chi connectivity index (χ0n) is 17.5. The second kappa shape index (κ2) is 8.71. The van der Waals surface area contributed by atoms with Gasteiger partial charge in [-0.2, -0.15) is 0 Å². The molecule has 6 nitrogen and oxygen atoms in total. The number of nitrogens with one attached hydrogen (secondary N) is 2. The molecule has 1 fully saturated rings. The predicted octanol–water partition coefficient (Wildman–Crippen LogP) is 4.39. The molecule has 0 aliphatic heterocycles. The zero-order valence-corrected chi connectivity index (χ0v) is 18.3. The van der Waals surface area contributed by atoms with Gasteiger partial charge in [0.1, 0.15) is 5.76 Å². The van der Waals surface area contributed by atoms with E-state index in [9.17, 15) is 13.2 Å². The number of benzene rings is 1. The number of amides is 1. The van der Waals surface area contributed by atoms with Gasteiger partial charge in [-0.1, -0.05) is 0 Å². The topological polar surface area (TPSA) is 88.4 Å². The first kappa shape index (κ1) is 21.6. The smallest absolute Gasteiger partial charge is 0.227 e. The quantitative estimate of drug-likeness (QED) is 0.728. The van der Waals surface area contributed by atoms with Crippen molar-refractivity contribution in [3.05, 3.63) is 41.7 Å². The Morgan fingerprint density at radius 2 is 1.76 bits per heavy atom. The van der Waals surface area contributed by atoms with E-state index in [1.165, 1.54) is 0 Å². The Balaban J connectivity index is 1.61. The van der Waals surface area contributed by atoms with Crippen LogP contribution in [0, 0.1) is 19.8 Å². The summed E-state index contributed by atoms with van der Waals surface area (Å²) < 4.78 is 32.3. The monoisotopic (exact) mass is 418 g/mol. The van der Waals surface area contributed by atoms with E-state index in [4.69, 9.17) is 4.42 Å². The molecule has 1 aromatic carbocycles. The summed E-state index contributed by atoms with van der Waals surface area (Å²) in [5, 5.41) is 2.62. The van der Waals surface area contributed by atoms with Crippen molar-refractivity contribution in [2.75, 3.05) is 5.32 Å². The van der Waals surface area contributed by atoms with Crippen LogP contribution in [0.2, 0.25) is 0 Å². The summed E-state index contributed by atoms with van der Waals surface area (Å²) in [5.74, 6) is 0.716. The maximum Gasteiger partial charge on any atom is 0.227 e. The number of carbonyl (C=O) groups is 1. The van der Waals surface area contributed by atoms with Crippen molar-refractivity contribution < 1.29 is 17.6 Å². The van der Waals surface area contributed by atoms with Crippen LogP contribution in [0.3, 0.4) is 0 Å². The van der Waals surface area contributed by atoms with Crippen molar-refractivity contribution in [3.8, 4) is 11.3 Å². The molecule has 0 spiro atoms. The molecule has 1 amide bonds. The first-order valence-electron chi connectivity index (χ1n) is 10.1. The van der Waals surface area contributed by atoms with E-state index >= 15 is 0 Å². The van der Waals surface area contributed by atoms with Gasteiger partial charge in [-0.25, -0.2) is 13.1 Å². The summed E-state index contributed by atoms with van der Waals surface area (Å²) in [5.41, 5.74) is 3.92. The van der Waals surface area contributed by atoms with Gasteiger partial charge in [0.2, 0.25) is 15.9 Å². The minimum absolute atomic E-state index is 0.00316. The number of carbonyl (C=O) groups excluding carboxylic acids is 1. The van der Waals surface area contributed by atoms with Crippen molar-refractivity contribution in [1.29, 1.82) is 0 Å². The van der Waals surface area contributed by atoms with Gasteiger partial charge in [-0.15, -0.1) is 0 Å². The third kappa shape index (κ3) is 4.90. The molecule has 29 heavy (non-hydrogen) atoms. The lowest BCUT2D eigenvalue weighted by molar-refractivity contribution is -0.120. The van der Waals surface area contributed by atoms with Crippen LogP contribution in [0.1, 0.15) is 50.7 Å². The molecule has 1 heterocycles. The molecule has 7 heteroatoms. The minimum atomic E-state index is -3.28. The van der Waals surface area contributed by atoms with Gasteiger partial charge in [-0.3, -0.25) is 4.79 Å². The molecule has 0 saturated heterocycles. The van der Waals surface area contributed by atoms with Crippen LogP contribution in [0.4, 0.5) is 5.69 Å². The van der Waals surface area contributed by atoms with Crippen LogP contribution in [-0.2, 0) is 14.8 Å². The summed E-state index contributed by atoms with van der Waals surface area (Å²) >= 11 is 0. The zero-order chi connectivity index (χ0) is 21.2. The van der Waals surface area contributed by atoms with Gasteiger partial charge in [0.15, 0.2) is 0 Å². The molecule has 0 unspecified atom stereocenters. The Hall–Kier alpha value is -2.12. The second-order valence-corrected chi connectivity index (χ2v) is 10.4. The molecule has 3 rings (SSSR count). The number of hydrogen-bond donors (Lipinski definition) is 2. The third-order valence-electron chi connectivity index (χ3n) is 5.88. The molecule has 0 atom stereocenters. The average Bonchev–Trinajstić information content (AvgIpc) is 3.20. The van der Waals surface area contributed by atoms with Gasteiger partial charge in [-0.05, 0) is 88.8 Å². The molecule has 1 aliphatic carbocycles. The fourth-order valence-corrected chi connectivity index (χ4v) is 4.70. The van der Waals surface area contributed by atoms with E-state index < -0.39 is 15.3 Å². The SMILES string of the molecule is Cc1c(NC(=O)[C@H]2CC[C@H](NS(=O)(=O)C(C)C)CC2)ccc(-c2ccco2)c1C. The van der Waals surface area contributed by atoms with Crippen LogP contribution in [-0.4, -0.2) is 25.6 Å². The van der Waals surface area contributed by atoms with E-state index in [0.29, 0.717) is 25.7 Å². The lowest BCUT2D eigenvalue weighted by Crippen LogP contribution is -2.42. The van der Waals surface area contributed by atoms with E-state index in [-0.39, 0.29) is 17.9 Å².